The van der Waals surface area contributed by atoms with Crippen LogP contribution in [0.1, 0.15) is 31.4 Å². The molecule has 19 heavy (non-hydrogen) atoms. The van der Waals surface area contributed by atoms with E-state index in [2.05, 4.69) is 5.32 Å². The van der Waals surface area contributed by atoms with E-state index >= 15 is 0 Å². The van der Waals surface area contributed by atoms with Gasteiger partial charge in [-0.25, -0.2) is 4.79 Å². The van der Waals surface area contributed by atoms with Gasteiger partial charge in [0.25, 0.3) is 0 Å². The monoisotopic (exact) mass is 261 g/mol. The van der Waals surface area contributed by atoms with Crippen LogP contribution in [0, 0.1) is 0 Å². The first-order valence-corrected chi connectivity index (χ1v) is 6.59. The van der Waals surface area contributed by atoms with E-state index in [1.807, 2.05) is 31.2 Å². The van der Waals surface area contributed by atoms with Gasteiger partial charge in [-0.1, -0.05) is 31.2 Å². The quantitative estimate of drug-likeness (QED) is 0.800. The summed E-state index contributed by atoms with van der Waals surface area (Å²) in [6.07, 6.45) is 3.20. The molecule has 0 fully saturated rings. The van der Waals surface area contributed by atoms with Gasteiger partial charge in [0.2, 0.25) is 0 Å². The summed E-state index contributed by atoms with van der Waals surface area (Å²) >= 11 is 0. The van der Waals surface area contributed by atoms with E-state index in [9.17, 15) is 4.79 Å². The summed E-state index contributed by atoms with van der Waals surface area (Å²) in [5.74, 6) is 0.0841. The van der Waals surface area contributed by atoms with E-state index in [0.29, 0.717) is 25.1 Å². The Morgan fingerprint density at radius 3 is 3.05 bits per heavy atom. The fraction of sp³-hybridized carbons (Fsp3) is 0.400. The molecule has 1 heterocycles. The van der Waals surface area contributed by atoms with E-state index in [1.54, 1.807) is 6.08 Å². The first-order chi connectivity index (χ1) is 9.22. The third kappa shape index (κ3) is 3.35. The molecule has 1 atom stereocenters. The van der Waals surface area contributed by atoms with Gasteiger partial charge >= 0.3 is 5.97 Å². The molecule has 102 valence electrons. The number of para-hydroxylation sites is 1. The Labute approximate surface area is 113 Å². The number of nitrogens with one attached hydrogen (secondary N) is 1. The third-order valence-electron chi connectivity index (χ3n) is 3.33. The van der Waals surface area contributed by atoms with E-state index < -0.39 is 5.97 Å². The smallest absolute Gasteiger partial charge is 0.331 e. The molecular formula is C15H19NO3. The number of fused-ring (bicyclic) bond motifs is 1. The number of benzene rings is 1. The predicted octanol–water partition coefficient (Wildman–Crippen LogP) is 2.52. The molecule has 4 heteroatoms. The van der Waals surface area contributed by atoms with Gasteiger partial charge in [0, 0.05) is 30.1 Å². The molecule has 2 N–H and O–H groups in total. The van der Waals surface area contributed by atoms with Crippen molar-refractivity contribution < 1.29 is 14.6 Å². The standard InChI is InChI=1S/C15H19NO3/c1-2-11(15(17)18)7-9-16-13-8-10-19-14-6-4-3-5-12(13)14/h3-7,13,16H,2,8-10H2,1H3,(H,17,18)/b11-7-. The highest BCUT2D eigenvalue weighted by Gasteiger charge is 2.19. The van der Waals surface area contributed by atoms with Crippen LogP contribution in [0.25, 0.3) is 0 Å². The fourth-order valence-corrected chi connectivity index (χ4v) is 2.26. The number of carboxylic acid groups (broad SMARTS) is 1. The van der Waals surface area contributed by atoms with Crippen LogP contribution in [-0.2, 0) is 4.79 Å². The van der Waals surface area contributed by atoms with Crippen molar-refractivity contribution in [3.8, 4) is 5.75 Å². The van der Waals surface area contributed by atoms with Gasteiger partial charge in [0.15, 0.2) is 0 Å². The first kappa shape index (κ1) is 13.6. The summed E-state index contributed by atoms with van der Waals surface area (Å²) in [4.78, 5) is 10.9. The van der Waals surface area contributed by atoms with Crippen molar-refractivity contribution >= 4 is 5.97 Å². The minimum absolute atomic E-state index is 0.230. The maximum atomic E-state index is 10.9. The van der Waals surface area contributed by atoms with Crippen LogP contribution in [0.3, 0.4) is 0 Å². The topological polar surface area (TPSA) is 58.6 Å². The Morgan fingerprint density at radius 2 is 2.32 bits per heavy atom. The summed E-state index contributed by atoms with van der Waals surface area (Å²) in [7, 11) is 0. The summed E-state index contributed by atoms with van der Waals surface area (Å²) < 4.78 is 5.59. The van der Waals surface area contributed by atoms with Crippen LogP contribution in [0.15, 0.2) is 35.9 Å². The minimum Gasteiger partial charge on any atom is -0.493 e. The number of aliphatic carboxylic acids is 1. The van der Waals surface area contributed by atoms with Crippen LogP contribution in [0.2, 0.25) is 0 Å². The lowest BCUT2D eigenvalue weighted by Crippen LogP contribution is -2.27. The Kier molecular flexibility index (Phi) is 4.58. The molecule has 0 bridgehead atoms. The van der Waals surface area contributed by atoms with Gasteiger partial charge < -0.3 is 15.2 Å². The number of hydrogen-bond acceptors (Lipinski definition) is 3. The number of hydrogen-bond donors (Lipinski definition) is 2. The van der Waals surface area contributed by atoms with Crippen LogP contribution in [-0.4, -0.2) is 24.2 Å². The van der Waals surface area contributed by atoms with E-state index in [0.717, 1.165) is 17.7 Å². The molecule has 0 saturated carbocycles. The van der Waals surface area contributed by atoms with E-state index in [1.165, 1.54) is 0 Å². The first-order valence-electron chi connectivity index (χ1n) is 6.59. The minimum atomic E-state index is -0.836. The molecule has 1 aromatic rings. The van der Waals surface area contributed by atoms with Gasteiger partial charge in [0.1, 0.15) is 5.75 Å². The molecule has 1 aromatic carbocycles. The number of carboxylic acids is 1. The number of rotatable bonds is 5. The molecule has 4 nitrogen and oxygen atoms in total. The van der Waals surface area contributed by atoms with Crippen molar-refractivity contribution in [1.82, 2.24) is 5.32 Å². The van der Waals surface area contributed by atoms with Crippen LogP contribution >= 0.6 is 0 Å². The Bertz CT molecular complexity index is 482. The zero-order chi connectivity index (χ0) is 13.7. The van der Waals surface area contributed by atoms with Gasteiger partial charge in [0.05, 0.1) is 6.61 Å². The molecule has 0 radical (unpaired) electrons. The third-order valence-corrected chi connectivity index (χ3v) is 3.33. The molecule has 1 aliphatic heterocycles. The molecule has 2 rings (SSSR count). The van der Waals surface area contributed by atoms with Crippen molar-refractivity contribution in [2.24, 2.45) is 0 Å². The average Bonchev–Trinajstić information content (AvgIpc) is 2.43. The summed E-state index contributed by atoms with van der Waals surface area (Å²) in [6.45, 7) is 3.11. The second-order valence-corrected chi connectivity index (χ2v) is 4.52. The number of carbonyl (C=O) groups is 1. The summed E-state index contributed by atoms with van der Waals surface area (Å²) in [5.41, 5.74) is 1.60. The highest BCUT2D eigenvalue weighted by Crippen LogP contribution is 2.31. The maximum Gasteiger partial charge on any atom is 0.331 e. The van der Waals surface area contributed by atoms with Crippen molar-refractivity contribution in [3.05, 3.63) is 41.5 Å². The van der Waals surface area contributed by atoms with Crippen molar-refractivity contribution in [2.45, 2.75) is 25.8 Å². The molecule has 0 aliphatic carbocycles. The number of ether oxygens (including phenoxy) is 1. The molecule has 0 aromatic heterocycles. The predicted molar refractivity (Wildman–Crippen MR) is 73.3 cm³/mol. The molecular weight excluding hydrogens is 242 g/mol. The lowest BCUT2D eigenvalue weighted by atomic mass is 10.0. The second kappa shape index (κ2) is 6.38. The zero-order valence-electron chi connectivity index (χ0n) is 11.1. The largest absolute Gasteiger partial charge is 0.493 e. The van der Waals surface area contributed by atoms with Gasteiger partial charge in [-0.3, -0.25) is 0 Å². The summed E-state index contributed by atoms with van der Waals surface area (Å²) in [5, 5.41) is 12.3. The molecule has 1 unspecified atom stereocenters. The van der Waals surface area contributed by atoms with Crippen LogP contribution in [0.5, 0.6) is 5.75 Å². The van der Waals surface area contributed by atoms with Crippen molar-refractivity contribution in [3.63, 3.8) is 0 Å². The second-order valence-electron chi connectivity index (χ2n) is 4.52. The lowest BCUT2D eigenvalue weighted by molar-refractivity contribution is -0.132. The fourth-order valence-electron chi connectivity index (χ4n) is 2.26. The van der Waals surface area contributed by atoms with Crippen molar-refractivity contribution in [1.29, 1.82) is 0 Å². The van der Waals surface area contributed by atoms with E-state index in [4.69, 9.17) is 9.84 Å². The van der Waals surface area contributed by atoms with Gasteiger partial charge in [-0.15, -0.1) is 0 Å². The van der Waals surface area contributed by atoms with Crippen molar-refractivity contribution in [2.75, 3.05) is 13.2 Å². The van der Waals surface area contributed by atoms with E-state index in [-0.39, 0.29) is 6.04 Å². The molecule has 0 spiro atoms. The van der Waals surface area contributed by atoms with Crippen LogP contribution in [0.4, 0.5) is 0 Å². The lowest BCUT2D eigenvalue weighted by Gasteiger charge is -2.26. The molecule has 0 saturated heterocycles. The Hall–Kier alpha value is -1.81. The summed E-state index contributed by atoms with van der Waals surface area (Å²) in [6, 6.07) is 8.20. The average molecular weight is 261 g/mol. The van der Waals surface area contributed by atoms with Gasteiger partial charge in [-0.2, -0.15) is 0 Å². The molecule has 1 aliphatic rings. The SMILES string of the molecule is CC/C(=C/CNC1CCOc2ccccc21)C(=O)O. The zero-order valence-corrected chi connectivity index (χ0v) is 11.1. The molecule has 0 amide bonds. The Morgan fingerprint density at radius 1 is 1.53 bits per heavy atom. The maximum absolute atomic E-state index is 10.9. The van der Waals surface area contributed by atoms with Crippen LogP contribution < -0.4 is 10.1 Å². The highest BCUT2D eigenvalue weighted by molar-refractivity contribution is 5.86. The van der Waals surface area contributed by atoms with Gasteiger partial charge in [-0.05, 0) is 12.5 Å². The highest BCUT2D eigenvalue weighted by atomic mass is 16.5. The normalized spacial score (nSPS) is 18.6. The Balaban J connectivity index is 2.00.